The lowest BCUT2D eigenvalue weighted by Gasteiger charge is -2.15. The van der Waals surface area contributed by atoms with Crippen molar-refractivity contribution in [2.45, 2.75) is 32.7 Å². The van der Waals surface area contributed by atoms with Gasteiger partial charge >= 0.3 is 0 Å². The highest BCUT2D eigenvalue weighted by atomic mass is 15.2. The van der Waals surface area contributed by atoms with E-state index in [1.807, 2.05) is 13.8 Å². The molecule has 62 valence electrons. The van der Waals surface area contributed by atoms with Crippen LogP contribution in [0.5, 0.6) is 0 Å². The minimum absolute atomic E-state index is 0.676. The van der Waals surface area contributed by atoms with Crippen LogP contribution in [0.25, 0.3) is 0 Å². The first kappa shape index (κ1) is 9.92. The molecule has 0 radical (unpaired) electrons. The van der Waals surface area contributed by atoms with E-state index in [-0.39, 0.29) is 0 Å². The van der Waals surface area contributed by atoms with Crippen LogP contribution in [0.15, 0.2) is 0 Å². The molecule has 0 aromatic carbocycles. The van der Waals surface area contributed by atoms with Gasteiger partial charge in [0.25, 0.3) is 0 Å². The summed E-state index contributed by atoms with van der Waals surface area (Å²) < 4.78 is 0. The molecule has 0 aliphatic carbocycles. The van der Waals surface area contributed by atoms with E-state index in [0.29, 0.717) is 6.04 Å². The fourth-order valence-electron chi connectivity index (χ4n) is 1.28. The topological polar surface area (TPSA) is 29.3 Å². The Balaban J connectivity index is 0.000000371. The first-order chi connectivity index (χ1) is 4.84. The Morgan fingerprint density at radius 3 is 2.30 bits per heavy atom. The molecule has 2 heteroatoms. The smallest absolute Gasteiger partial charge is 0.0215 e. The fraction of sp³-hybridized carbons (Fsp3) is 1.00. The van der Waals surface area contributed by atoms with E-state index in [0.717, 1.165) is 6.54 Å². The molecule has 1 saturated heterocycles. The molecule has 0 saturated carbocycles. The lowest BCUT2D eigenvalue weighted by atomic mass is 10.2. The Morgan fingerprint density at radius 2 is 2.10 bits per heavy atom. The van der Waals surface area contributed by atoms with Crippen LogP contribution >= 0.6 is 0 Å². The van der Waals surface area contributed by atoms with Crippen molar-refractivity contribution in [2.24, 2.45) is 5.73 Å². The Hall–Kier alpha value is -0.0800. The molecule has 0 bridgehead atoms. The lowest BCUT2D eigenvalue weighted by molar-refractivity contribution is 0.317. The molecule has 0 aromatic heterocycles. The molecule has 1 unspecified atom stereocenters. The van der Waals surface area contributed by atoms with Gasteiger partial charge in [0.05, 0.1) is 0 Å². The minimum atomic E-state index is 0.676. The number of rotatable bonds is 1. The Bertz CT molecular complexity index is 73.7. The highest BCUT2D eigenvalue weighted by Crippen LogP contribution is 2.12. The van der Waals surface area contributed by atoms with E-state index < -0.39 is 0 Å². The van der Waals surface area contributed by atoms with Crippen molar-refractivity contribution in [1.82, 2.24) is 4.90 Å². The molecule has 10 heavy (non-hydrogen) atoms. The first-order valence-electron chi connectivity index (χ1n) is 4.25. The summed E-state index contributed by atoms with van der Waals surface area (Å²) in [5.74, 6) is 0. The second kappa shape index (κ2) is 5.69. The first-order valence-corrected chi connectivity index (χ1v) is 4.25. The van der Waals surface area contributed by atoms with Gasteiger partial charge in [0.1, 0.15) is 0 Å². The van der Waals surface area contributed by atoms with E-state index in [9.17, 15) is 0 Å². The highest BCUT2D eigenvalue weighted by molar-refractivity contribution is 4.76. The zero-order valence-corrected chi connectivity index (χ0v) is 7.43. The van der Waals surface area contributed by atoms with Gasteiger partial charge in [-0.05, 0) is 26.4 Å². The summed E-state index contributed by atoms with van der Waals surface area (Å²) in [4.78, 5) is 2.33. The highest BCUT2D eigenvalue weighted by Gasteiger charge is 2.17. The van der Waals surface area contributed by atoms with Gasteiger partial charge in [-0.3, -0.25) is 0 Å². The third kappa shape index (κ3) is 2.67. The van der Waals surface area contributed by atoms with E-state index in [1.165, 1.54) is 19.4 Å². The molecule has 0 aromatic rings. The van der Waals surface area contributed by atoms with Crippen molar-refractivity contribution >= 4 is 0 Å². The second-order valence-electron chi connectivity index (χ2n) is 2.51. The summed E-state index contributed by atoms with van der Waals surface area (Å²) in [5.41, 5.74) is 5.48. The van der Waals surface area contributed by atoms with E-state index in [2.05, 4.69) is 11.9 Å². The Morgan fingerprint density at radius 1 is 1.50 bits per heavy atom. The normalized spacial score (nSPS) is 25.8. The third-order valence-electron chi connectivity index (χ3n) is 1.94. The molecular formula is C8H20N2. The molecule has 1 fully saturated rings. The van der Waals surface area contributed by atoms with Crippen LogP contribution in [0.1, 0.15) is 26.7 Å². The molecule has 0 spiro atoms. The largest absolute Gasteiger partial charge is 0.329 e. The van der Waals surface area contributed by atoms with Gasteiger partial charge in [0.2, 0.25) is 0 Å². The zero-order chi connectivity index (χ0) is 7.98. The van der Waals surface area contributed by atoms with Gasteiger partial charge in [-0.15, -0.1) is 0 Å². The summed E-state index contributed by atoms with van der Waals surface area (Å²) in [6.45, 7) is 6.07. The van der Waals surface area contributed by atoms with Crippen molar-refractivity contribution in [3.8, 4) is 0 Å². The molecule has 1 aliphatic rings. The number of hydrogen-bond donors (Lipinski definition) is 1. The van der Waals surface area contributed by atoms with Crippen LogP contribution in [0.2, 0.25) is 0 Å². The van der Waals surface area contributed by atoms with Crippen molar-refractivity contribution in [3.05, 3.63) is 0 Å². The molecule has 2 nitrogen and oxygen atoms in total. The summed E-state index contributed by atoms with van der Waals surface area (Å²) >= 11 is 0. The number of likely N-dealkylation sites (N-methyl/N-ethyl adjacent to an activating group) is 1. The van der Waals surface area contributed by atoms with Crippen LogP contribution in [0.4, 0.5) is 0 Å². The molecule has 0 amide bonds. The number of nitrogens with two attached hydrogens (primary N) is 1. The third-order valence-corrected chi connectivity index (χ3v) is 1.94. The maximum absolute atomic E-state index is 5.48. The Kier molecular flexibility index (Phi) is 5.64. The molecule has 1 rings (SSSR count). The quantitative estimate of drug-likeness (QED) is 0.596. The SMILES string of the molecule is CC.CN1CCCC1CN. The summed E-state index contributed by atoms with van der Waals surface area (Å²) in [5, 5.41) is 0. The molecule has 1 heterocycles. The summed E-state index contributed by atoms with van der Waals surface area (Å²) in [6, 6.07) is 0.676. The number of hydrogen-bond acceptors (Lipinski definition) is 2. The summed E-state index contributed by atoms with van der Waals surface area (Å²) in [6.07, 6.45) is 2.63. The van der Waals surface area contributed by atoms with Crippen LogP contribution in [0, 0.1) is 0 Å². The molecule has 1 aliphatic heterocycles. The van der Waals surface area contributed by atoms with Crippen molar-refractivity contribution < 1.29 is 0 Å². The predicted octanol–water partition coefficient (Wildman–Crippen LogP) is 1.07. The van der Waals surface area contributed by atoms with Crippen LogP contribution in [-0.4, -0.2) is 31.1 Å². The predicted molar refractivity (Wildman–Crippen MR) is 46.1 cm³/mol. The van der Waals surface area contributed by atoms with Gasteiger partial charge in [0.15, 0.2) is 0 Å². The van der Waals surface area contributed by atoms with Gasteiger partial charge in [-0.25, -0.2) is 0 Å². The van der Waals surface area contributed by atoms with Gasteiger partial charge in [0, 0.05) is 12.6 Å². The average molecular weight is 144 g/mol. The van der Waals surface area contributed by atoms with Crippen molar-refractivity contribution in [1.29, 1.82) is 0 Å². The van der Waals surface area contributed by atoms with E-state index in [1.54, 1.807) is 0 Å². The average Bonchev–Trinajstić information content (AvgIpc) is 2.39. The maximum atomic E-state index is 5.48. The molecule has 1 atom stereocenters. The zero-order valence-electron chi connectivity index (χ0n) is 7.43. The van der Waals surface area contributed by atoms with Crippen molar-refractivity contribution in [3.63, 3.8) is 0 Å². The van der Waals surface area contributed by atoms with E-state index >= 15 is 0 Å². The minimum Gasteiger partial charge on any atom is -0.329 e. The monoisotopic (exact) mass is 144 g/mol. The summed E-state index contributed by atoms with van der Waals surface area (Å²) in [7, 11) is 2.14. The maximum Gasteiger partial charge on any atom is 0.0215 e. The van der Waals surface area contributed by atoms with Gasteiger partial charge in [-0.1, -0.05) is 13.8 Å². The Labute approximate surface area is 64.4 Å². The van der Waals surface area contributed by atoms with Crippen molar-refractivity contribution in [2.75, 3.05) is 20.1 Å². The standard InChI is InChI=1S/C6H14N2.C2H6/c1-8-4-2-3-6(8)5-7;1-2/h6H,2-5,7H2,1H3;1-2H3. The molecular weight excluding hydrogens is 124 g/mol. The number of nitrogens with zero attached hydrogens (tertiary/aromatic N) is 1. The number of likely N-dealkylation sites (tertiary alicyclic amines) is 1. The van der Waals surface area contributed by atoms with E-state index in [4.69, 9.17) is 5.73 Å². The fourth-order valence-corrected chi connectivity index (χ4v) is 1.28. The van der Waals surface area contributed by atoms with Crippen LogP contribution < -0.4 is 5.73 Å². The van der Waals surface area contributed by atoms with Gasteiger partial charge in [-0.2, -0.15) is 0 Å². The molecule has 2 N–H and O–H groups in total. The second-order valence-corrected chi connectivity index (χ2v) is 2.51. The van der Waals surface area contributed by atoms with Crippen LogP contribution in [0.3, 0.4) is 0 Å². The van der Waals surface area contributed by atoms with Gasteiger partial charge < -0.3 is 10.6 Å². The lowest BCUT2D eigenvalue weighted by Crippen LogP contribution is -2.31. The van der Waals surface area contributed by atoms with Crippen LogP contribution in [-0.2, 0) is 0 Å².